The Kier molecular flexibility index (Phi) is 4.35. The molecule has 3 saturated heterocycles. The van der Waals surface area contributed by atoms with Gasteiger partial charge in [0.05, 0.1) is 24.7 Å². The fourth-order valence-electron chi connectivity index (χ4n) is 6.09. The standard InChI is InChI=1S/C19H32BN3O3/c1-19(2)12-8-14(19)18-15(9-12)25-20(26-18)16-4-3-7-23(16)17(24)11-22-13-5-6-21-10-13/h12-16,18,21-22H,3-11H2,1-2H3. The van der Waals surface area contributed by atoms with Gasteiger partial charge in [-0.1, -0.05) is 13.8 Å². The van der Waals surface area contributed by atoms with E-state index in [2.05, 4.69) is 24.5 Å². The van der Waals surface area contributed by atoms with Gasteiger partial charge in [-0.15, -0.1) is 0 Å². The molecule has 6 fully saturated rings. The van der Waals surface area contributed by atoms with Gasteiger partial charge in [0.15, 0.2) is 0 Å². The maximum absolute atomic E-state index is 12.8. The first-order valence-corrected chi connectivity index (χ1v) is 10.6. The molecule has 144 valence electrons. The van der Waals surface area contributed by atoms with Crippen LogP contribution in [0.15, 0.2) is 0 Å². The number of hydrogen-bond donors (Lipinski definition) is 2. The molecule has 0 radical (unpaired) electrons. The summed E-state index contributed by atoms with van der Waals surface area (Å²) >= 11 is 0. The Morgan fingerprint density at radius 2 is 2.19 bits per heavy atom. The van der Waals surface area contributed by atoms with Crippen LogP contribution in [0.4, 0.5) is 0 Å². The predicted molar refractivity (Wildman–Crippen MR) is 99.5 cm³/mol. The van der Waals surface area contributed by atoms with E-state index in [9.17, 15) is 4.79 Å². The Morgan fingerprint density at radius 1 is 1.31 bits per heavy atom. The minimum absolute atomic E-state index is 0.0944. The Hall–Kier alpha value is -0.625. The Labute approximate surface area is 156 Å². The van der Waals surface area contributed by atoms with Crippen molar-refractivity contribution in [2.24, 2.45) is 17.3 Å². The molecule has 6 unspecified atom stereocenters. The number of hydrogen-bond acceptors (Lipinski definition) is 5. The van der Waals surface area contributed by atoms with Crippen molar-refractivity contribution < 1.29 is 14.1 Å². The first kappa shape index (κ1) is 17.5. The summed E-state index contributed by atoms with van der Waals surface area (Å²) in [6.07, 6.45) is 6.05. The van der Waals surface area contributed by atoms with Crippen LogP contribution in [-0.2, 0) is 14.1 Å². The first-order valence-electron chi connectivity index (χ1n) is 10.6. The largest absolute Gasteiger partial charge is 0.481 e. The molecule has 3 saturated carbocycles. The molecule has 0 aromatic heterocycles. The van der Waals surface area contributed by atoms with Gasteiger partial charge in [-0.2, -0.15) is 0 Å². The van der Waals surface area contributed by atoms with Crippen molar-refractivity contribution in [2.75, 3.05) is 26.2 Å². The highest BCUT2D eigenvalue weighted by atomic mass is 16.7. The number of likely N-dealkylation sites (tertiary alicyclic amines) is 1. The molecule has 1 amide bonds. The first-order chi connectivity index (χ1) is 12.5. The Morgan fingerprint density at radius 3 is 2.96 bits per heavy atom. The minimum atomic E-state index is -0.222. The van der Waals surface area contributed by atoms with E-state index in [1.54, 1.807) is 0 Å². The predicted octanol–water partition coefficient (Wildman–Crippen LogP) is 0.806. The highest BCUT2D eigenvalue weighted by molar-refractivity contribution is 6.47. The quantitative estimate of drug-likeness (QED) is 0.726. The van der Waals surface area contributed by atoms with E-state index in [0.717, 1.165) is 51.2 Å². The van der Waals surface area contributed by atoms with Crippen LogP contribution < -0.4 is 10.6 Å². The molecule has 26 heavy (non-hydrogen) atoms. The zero-order valence-corrected chi connectivity index (χ0v) is 16.1. The lowest BCUT2D eigenvalue weighted by atomic mass is 9.47. The second-order valence-corrected chi connectivity index (χ2v) is 9.61. The zero-order valence-electron chi connectivity index (χ0n) is 16.1. The van der Waals surface area contributed by atoms with Gasteiger partial charge in [-0.25, -0.2) is 0 Å². The van der Waals surface area contributed by atoms with E-state index in [1.165, 1.54) is 6.42 Å². The van der Waals surface area contributed by atoms with Crippen LogP contribution in [0.5, 0.6) is 0 Å². The molecule has 6 rings (SSSR count). The summed E-state index contributed by atoms with van der Waals surface area (Å²) in [4.78, 5) is 14.8. The summed E-state index contributed by atoms with van der Waals surface area (Å²) in [5, 5.41) is 6.74. The molecule has 3 aliphatic heterocycles. The van der Waals surface area contributed by atoms with Crippen LogP contribution >= 0.6 is 0 Å². The van der Waals surface area contributed by atoms with Crippen LogP contribution in [-0.4, -0.2) is 68.3 Å². The van der Waals surface area contributed by atoms with Gasteiger partial charge >= 0.3 is 7.12 Å². The molecule has 0 spiro atoms. The molecule has 6 atom stereocenters. The average Bonchev–Trinajstić information content (AvgIpc) is 3.38. The fraction of sp³-hybridized carbons (Fsp3) is 0.947. The lowest BCUT2D eigenvalue weighted by molar-refractivity contribution is -0.150. The third kappa shape index (κ3) is 2.74. The van der Waals surface area contributed by atoms with Gasteiger partial charge in [0.25, 0.3) is 0 Å². The van der Waals surface area contributed by atoms with Gasteiger partial charge in [0, 0.05) is 19.1 Å². The molecule has 2 N–H and O–H groups in total. The van der Waals surface area contributed by atoms with Crippen LogP contribution in [0.1, 0.15) is 46.0 Å². The van der Waals surface area contributed by atoms with Crippen molar-refractivity contribution in [3.63, 3.8) is 0 Å². The Balaban J connectivity index is 1.20. The van der Waals surface area contributed by atoms with Gasteiger partial charge < -0.3 is 24.8 Å². The van der Waals surface area contributed by atoms with E-state index >= 15 is 0 Å². The van der Waals surface area contributed by atoms with E-state index in [1.807, 2.05) is 4.90 Å². The number of carbonyl (C=O) groups excluding carboxylic acids is 1. The smallest absolute Gasteiger partial charge is 0.404 e. The fourth-order valence-corrected chi connectivity index (χ4v) is 6.09. The molecular weight excluding hydrogens is 329 g/mol. The molecule has 3 heterocycles. The van der Waals surface area contributed by atoms with Gasteiger partial charge in [0.2, 0.25) is 5.91 Å². The van der Waals surface area contributed by atoms with E-state index in [0.29, 0.717) is 23.9 Å². The summed E-state index contributed by atoms with van der Waals surface area (Å²) in [6.45, 7) is 8.04. The van der Waals surface area contributed by atoms with Crippen LogP contribution in [0.25, 0.3) is 0 Å². The molecule has 6 nitrogen and oxygen atoms in total. The molecule has 6 aliphatic rings. The summed E-state index contributed by atoms with van der Waals surface area (Å²) in [5.74, 6) is 1.70. The topological polar surface area (TPSA) is 62.8 Å². The van der Waals surface area contributed by atoms with E-state index in [-0.39, 0.29) is 31.2 Å². The number of rotatable bonds is 4. The van der Waals surface area contributed by atoms with Crippen molar-refractivity contribution in [1.29, 1.82) is 0 Å². The highest BCUT2D eigenvalue weighted by Crippen LogP contribution is 2.61. The summed E-state index contributed by atoms with van der Waals surface area (Å²) in [5.41, 5.74) is 0.393. The lowest BCUT2D eigenvalue weighted by Crippen LogP contribution is -2.59. The number of carbonyl (C=O) groups is 1. The lowest BCUT2D eigenvalue weighted by Gasteiger charge is -2.60. The SMILES string of the molecule is CC1(C)C2CC3OB(C4CCCN4C(=O)CNC4CCNC4)OC3C1C2. The zero-order chi connectivity index (χ0) is 17.9. The van der Waals surface area contributed by atoms with Crippen LogP contribution in [0.2, 0.25) is 0 Å². The third-order valence-corrected chi connectivity index (χ3v) is 7.96. The van der Waals surface area contributed by atoms with Crippen LogP contribution in [0, 0.1) is 17.3 Å². The number of amides is 1. The normalized spacial score (nSPS) is 43.5. The van der Waals surface area contributed by atoms with Crippen molar-refractivity contribution in [3.05, 3.63) is 0 Å². The van der Waals surface area contributed by atoms with Crippen molar-refractivity contribution in [3.8, 4) is 0 Å². The summed E-state index contributed by atoms with van der Waals surface area (Å²) < 4.78 is 12.8. The molecule has 7 heteroatoms. The maximum atomic E-state index is 12.8. The number of nitrogens with zero attached hydrogens (tertiary/aromatic N) is 1. The highest BCUT2D eigenvalue weighted by Gasteiger charge is 2.63. The second-order valence-electron chi connectivity index (χ2n) is 9.61. The minimum Gasteiger partial charge on any atom is -0.404 e. The Bertz CT molecular complexity index is 568. The number of nitrogens with one attached hydrogen (secondary N) is 2. The summed E-state index contributed by atoms with van der Waals surface area (Å²) in [6, 6.07) is 0.427. The monoisotopic (exact) mass is 361 g/mol. The average molecular weight is 361 g/mol. The van der Waals surface area contributed by atoms with Gasteiger partial charge in [-0.05, 0) is 55.9 Å². The molecule has 3 aliphatic carbocycles. The van der Waals surface area contributed by atoms with E-state index < -0.39 is 0 Å². The second kappa shape index (κ2) is 6.47. The van der Waals surface area contributed by atoms with Gasteiger partial charge in [-0.3, -0.25) is 4.79 Å². The van der Waals surface area contributed by atoms with Gasteiger partial charge in [0.1, 0.15) is 0 Å². The van der Waals surface area contributed by atoms with Crippen molar-refractivity contribution in [2.45, 2.75) is 70.1 Å². The molecule has 0 aromatic rings. The van der Waals surface area contributed by atoms with Crippen molar-refractivity contribution in [1.82, 2.24) is 15.5 Å². The third-order valence-electron chi connectivity index (χ3n) is 7.96. The molecule has 0 aromatic carbocycles. The van der Waals surface area contributed by atoms with Crippen molar-refractivity contribution >= 4 is 13.0 Å². The molecule has 2 bridgehead atoms. The maximum Gasteiger partial charge on any atom is 0.481 e. The summed E-state index contributed by atoms with van der Waals surface area (Å²) in [7, 11) is -0.222. The van der Waals surface area contributed by atoms with E-state index in [4.69, 9.17) is 9.31 Å². The molecular formula is C19H32BN3O3. The van der Waals surface area contributed by atoms with Crippen LogP contribution in [0.3, 0.4) is 0 Å².